The fourth-order valence-corrected chi connectivity index (χ4v) is 1.56. The summed E-state index contributed by atoms with van der Waals surface area (Å²) >= 11 is 0. The lowest BCUT2D eigenvalue weighted by Gasteiger charge is -2.13. The van der Waals surface area contributed by atoms with Crippen LogP contribution in [0.2, 0.25) is 0 Å². The van der Waals surface area contributed by atoms with Gasteiger partial charge in [0.25, 0.3) is 0 Å². The van der Waals surface area contributed by atoms with Crippen LogP contribution < -0.4 is 0 Å². The number of Topliss-reactive ketones (excluding diaryl/α,β-unsaturated/α-hetero) is 1. The van der Waals surface area contributed by atoms with Gasteiger partial charge in [0.05, 0.1) is 13.0 Å². The molecule has 1 aliphatic heterocycles. The Morgan fingerprint density at radius 1 is 1.40 bits per heavy atom. The van der Waals surface area contributed by atoms with Gasteiger partial charge < -0.3 is 4.90 Å². The van der Waals surface area contributed by atoms with E-state index < -0.39 is 0 Å². The zero-order valence-corrected chi connectivity index (χ0v) is 8.22. The van der Waals surface area contributed by atoms with Gasteiger partial charge in [-0.3, -0.25) is 9.59 Å². The maximum atomic E-state index is 11.3. The van der Waals surface area contributed by atoms with Crippen LogP contribution in [0.25, 0.3) is 0 Å². The summed E-state index contributed by atoms with van der Waals surface area (Å²) < 4.78 is 0. The van der Waals surface area contributed by atoms with E-state index in [1.165, 1.54) is 6.33 Å². The molecule has 0 bridgehead atoms. The molecule has 1 fully saturated rings. The molecule has 15 heavy (non-hydrogen) atoms. The number of rotatable bonds is 3. The van der Waals surface area contributed by atoms with E-state index in [-0.39, 0.29) is 24.7 Å². The Balaban J connectivity index is 1.89. The zero-order valence-electron chi connectivity index (χ0n) is 8.22. The minimum Gasteiger partial charge on any atom is -0.335 e. The van der Waals surface area contributed by atoms with Crippen molar-refractivity contribution in [3.8, 4) is 0 Å². The number of likely N-dealkylation sites (tertiary alicyclic amines) is 1. The quantitative estimate of drug-likeness (QED) is 0.642. The Morgan fingerprint density at radius 3 is 2.87 bits per heavy atom. The number of nitrogens with zero attached hydrogens (tertiary/aromatic N) is 3. The molecule has 1 aromatic heterocycles. The molecule has 2 rings (SSSR count). The second-order valence-electron chi connectivity index (χ2n) is 3.48. The van der Waals surface area contributed by atoms with Gasteiger partial charge in [0.1, 0.15) is 6.33 Å². The van der Waals surface area contributed by atoms with Crippen molar-refractivity contribution in [2.24, 2.45) is 0 Å². The first kappa shape index (κ1) is 9.76. The summed E-state index contributed by atoms with van der Waals surface area (Å²) in [5.74, 6) is -0.0725. The molecule has 0 aliphatic carbocycles. The SMILES string of the molecule is O=C1CC(=O)N(CCc2ccncn2)C1. The van der Waals surface area contributed by atoms with Gasteiger partial charge in [0.15, 0.2) is 5.78 Å². The molecule has 0 N–H and O–H groups in total. The highest BCUT2D eigenvalue weighted by atomic mass is 16.2. The molecular weight excluding hydrogens is 194 g/mol. The number of amides is 1. The van der Waals surface area contributed by atoms with E-state index in [1.54, 1.807) is 11.1 Å². The van der Waals surface area contributed by atoms with E-state index >= 15 is 0 Å². The number of carbonyl (C=O) groups is 2. The fraction of sp³-hybridized carbons (Fsp3) is 0.400. The monoisotopic (exact) mass is 205 g/mol. The molecule has 1 amide bonds. The standard InChI is InChI=1S/C10H11N3O2/c14-9-5-10(15)13(6-9)4-2-8-1-3-11-7-12-8/h1,3,7H,2,4-6H2. The number of ketones is 1. The normalized spacial score (nSPS) is 16.1. The number of hydrogen-bond acceptors (Lipinski definition) is 4. The van der Waals surface area contributed by atoms with Crippen LogP contribution in [0.4, 0.5) is 0 Å². The van der Waals surface area contributed by atoms with Crippen LogP contribution in [0.1, 0.15) is 12.1 Å². The number of carbonyl (C=O) groups excluding carboxylic acids is 2. The first-order chi connectivity index (χ1) is 7.25. The molecule has 78 valence electrons. The van der Waals surface area contributed by atoms with Gasteiger partial charge in [0.2, 0.25) is 5.91 Å². The molecule has 1 aliphatic rings. The smallest absolute Gasteiger partial charge is 0.230 e. The number of hydrogen-bond donors (Lipinski definition) is 0. The highest BCUT2D eigenvalue weighted by Gasteiger charge is 2.26. The van der Waals surface area contributed by atoms with E-state index in [0.717, 1.165) is 5.69 Å². The van der Waals surface area contributed by atoms with E-state index in [0.29, 0.717) is 13.0 Å². The first-order valence-corrected chi connectivity index (χ1v) is 4.80. The molecule has 0 atom stereocenters. The predicted molar refractivity (Wildman–Crippen MR) is 51.9 cm³/mol. The van der Waals surface area contributed by atoms with Gasteiger partial charge in [-0.1, -0.05) is 0 Å². The highest BCUT2D eigenvalue weighted by molar-refractivity contribution is 6.05. The van der Waals surface area contributed by atoms with Crippen molar-refractivity contribution in [1.29, 1.82) is 0 Å². The molecule has 2 heterocycles. The highest BCUT2D eigenvalue weighted by Crippen LogP contribution is 2.07. The maximum Gasteiger partial charge on any atom is 0.230 e. The van der Waals surface area contributed by atoms with Gasteiger partial charge in [-0.05, 0) is 6.07 Å². The van der Waals surface area contributed by atoms with Crippen LogP contribution in [0, 0.1) is 0 Å². The molecule has 5 heteroatoms. The van der Waals surface area contributed by atoms with Crippen LogP contribution >= 0.6 is 0 Å². The second kappa shape index (κ2) is 4.16. The van der Waals surface area contributed by atoms with Crippen molar-refractivity contribution < 1.29 is 9.59 Å². The summed E-state index contributed by atoms with van der Waals surface area (Å²) in [5, 5.41) is 0. The lowest BCUT2D eigenvalue weighted by atomic mass is 10.3. The summed E-state index contributed by atoms with van der Waals surface area (Å²) in [6.45, 7) is 0.811. The van der Waals surface area contributed by atoms with E-state index in [9.17, 15) is 9.59 Å². The lowest BCUT2D eigenvalue weighted by molar-refractivity contribution is -0.127. The Bertz CT molecular complexity index is 378. The van der Waals surface area contributed by atoms with E-state index in [4.69, 9.17) is 0 Å². The summed E-state index contributed by atoms with van der Waals surface area (Å²) in [7, 11) is 0. The third-order valence-electron chi connectivity index (χ3n) is 2.35. The molecule has 0 aromatic carbocycles. The van der Waals surface area contributed by atoms with Crippen molar-refractivity contribution in [2.75, 3.05) is 13.1 Å². The Hall–Kier alpha value is -1.78. The topological polar surface area (TPSA) is 63.2 Å². The lowest BCUT2D eigenvalue weighted by Crippen LogP contribution is -2.27. The summed E-state index contributed by atoms with van der Waals surface area (Å²) in [6, 6.07) is 1.81. The summed E-state index contributed by atoms with van der Waals surface area (Å²) in [4.78, 5) is 31.7. The summed E-state index contributed by atoms with van der Waals surface area (Å²) in [6.07, 6.45) is 3.87. The Morgan fingerprint density at radius 2 is 2.27 bits per heavy atom. The summed E-state index contributed by atoms with van der Waals surface area (Å²) in [5.41, 5.74) is 0.886. The largest absolute Gasteiger partial charge is 0.335 e. The second-order valence-corrected chi connectivity index (χ2v) is 3.48. The van der Waals surface area contributed by atoms with Crippen LogP contribution in [0.3, 0.4) is 0 Å². The van der Waals surface area contributed by atoms with Crippen LogP contribution in [0.15, 0.2) is 18.6 Å². The minimum atomic E-state index is -0.0749. The molecular formula is C10H11N3O2. The maximum absolute atomic E-state index is 11.3. The van der Waals surface area contributed by atoms with Crippen molar-refractivity contribution >= 4 is 11.7 Å². The zero-order chi connectivity index (χ0) is 10.7. The molecule has 0 radical (unpaired) electrons. The Kier molecular flexibility index (Phi) is 2.71. The van der Waals surface area contributed by atoms with Gasteiger partial charge in [0, 0.05) is 24.9 Å². The van der Waals surface area contributed by atoms with Crippen molar-refractivity contribution in [3.63, 3.8) is 0 Å². The molecule has 0 saturated carbocycles. The first-order valence-electron chi connectivity index (χ1n) is 4.80. The average Bonchev–Trinajstić information content (AvgIpc) is 2.56. The van der Waals surface area contributed by atoms with Gasteiger partial charge in [-0.2, -0.15) is 0 Å². The van der Waals surface area contributed by atoms with Crippen molar-refractivity contribution in [3.05, 3.63) is 24.3 Å². The van der Waals surface area contributed by atoms with E-state index in [1.807, 2.05) is 6.07 Å². The molecule has 5 nitrogen and oxygen atoms in total. The number of aromatic nitrogens is 2. The van der Waals surface area contributed by atoms with Crippen molar-refractivity contribution in [1.82, 2.24) is 14.9 Å². The van der Waals surface area contributed by atoms with Gasteiger partial charge in [-0.15, -0.1) is 0 Å². The van der Waals surface area contributed by atoms with Crippen LogP contribution in [0.5, 0.6) is 0 Å². The van der Waals surface area contributed by atoms with Crippen LogP contribution in [-0.2, 0) is 16.0 Å². The molecule has 0 spiro atoms. The molecule has 0 unspecified atom stereocenters. The molecule has 1 aromatic rings. The van der Waals surface area contributed by atoms with Gasteiger partial charge in [-0.25, -0.2) is 9.97 Å². The van der Waals surface area contributed by atoms with Gasteiger partial charge >= 0.3 is 0 Å². The van der Waals surface area contributed by atoms with Crippen LogP contribution in [-0.4, -0.2) is 39.6 Å². The van der Waals surface area contributed by atoms with E-state index in [2.05, 4.69) is 9.97 Å². The molecule has 1 saturated heterocycles. The van der Waals surface area contributed by atoms with Crippen molar-refractivity contribution in [2.45, 2.75) is 12.8 Å². The predicted octanol–water partition coefficient (Wildman–Crippen LogP) is -0.180. The minimum absolute atomic E-state index is 0.00249. The Labute approximate surface area is 87.1 Å². The fourth-order valence-electron chi connectivity index (χ4n) is 1.56. The third-order valence-corrected chi connectivity index (χ3v) is 2.35. The average molecular weight is 205 g/mol. The third kappa shape index (κ3) is 2.37.